The molecule has 0 heterocycles. The van der Waals surface area contributed by atoms with Gasteiger partial charge in [-0.15, -0.1) is 0 Å². The zero-order valence-electron chi connectivity index (χ0n) is 16.6. The summed E-state index contributed by atoms with van der Waals surface area (Å²) in [6.45, 7) is 4.73. The minimum absolute atomic E-state index is 0.0408. The number of aliphatic carboxylic acids is 1. The summed E-state index contributed by atoms with van der Waals surface area (Å²) in [7, 11) is 0. The van der Waals surface area contributed by atoms with E-state index in [1.54, 1.807) is 0 Å². The van der Waals surface area contributed by atoms with Gasteiger partial charge in [-0.3, -0.25) is 15.1 Å². The van der Waals surface area contributed by atoms with Gasteiger partial charge in [0, 0.05) is 24.0 Å². The van der Waals surface area contributed by atoms with E-state index in [0.29, 0.717) is 18.9 Å². The highest BCUT2D eigenvalue weighted by atomic mass is 16.6. The van der Waals surface area contributed by atoms with Gasteiger partial charge in [0.15, 0.2) is 0 Å². The first-order chi connectivity index (χ1) is 13.0. The van der Waals surface area contributed by atoms with Crippen LogP contribution in [-0.4, -0.2) is 40.1 Å². The number of hydroxylamine groups is 1. The van der Waals surface area contributed by atoms with E-state index in [2.05, 4.69) is 19.3 Å². The third kappa shape index (κ3) is 6.33. The smallest absolute Gasteiger partial charge is 0.303 e. The predicted octanol–water partition coefficient (Wildman–Crippen LogP) is 3.16. The molecule has 4 atom stereocenters. The van der Waals surface area contributed by atoms with Gasteiger partial charge in [-0.2, -0.15) is 0 Å². The summed E-state index contributed by atoms with van der Waals surface area (Å²) in [4.78, 5) is 15.8. The van der Waals surface area contributed by atoms with Crippen molar-refractivity contribution in [2.75, 3.05) is 6.61 Å². The second kappa shape index (κ2) is 10.8. The Kier molecular flexibility index (Phi) is 8.80. The Balaban J connectivity index is 1.74. The number of nitrogens with one attached hydrogen (secondary N) is 1. The van der Waals surface area contributed by atoms with Crippen molar-refractivity contribution in [3.63, 3.8) is 0 Å². The lowest BCUT2D eigenvalue weighted by molar-refractivity contribution is -0.137. The van der Waals surface area contributed by atoms with Gasteiger partial charge in [0.05, 0.1) is 18.8 Å². The molecular weight excluding hydrogens is 346 g/mol. The lowest BCUT2D eigenvalue weighted by Gasteiger charge is -2.30. The molecule has 2 aliphatic rings. The van der Waals surface area contributed by atoms with Crippen molar-refractivity contribution < 1.29 is 25.0 Å². The Hall–Kier alpha value is -1.37. The number of fused-ring (bicyclic) bond motifs is 1. The molecule has 0 saturated heterocycles. The zero-order valence-corrected chi connectivity index (χ0v) is 16.6. The monoisotopic (exact) mass is 381 g/mol. The van der Waals surface area contributed by atoms with Crippen LogP contribution in [-0.2, 0) is 9.63 Å². The van der Waals surface area contributed by atoms with Crippen LogP contribution in [0.3, 0.4) is 0 Å². The third-order valence-electron chi connectivity index (χ3n) is 6.00. The molecule has 0 aromatic carbocycles. The number of allylic oxidation sites excluding steroid dienone is 1. The molecule has 0 amide bonds. The molecule has 154 valence electrons. The third-order valence-corrected chi connectivity index (χ3v) is 6.00. The van der Waals surface area contributed by atoms with Gasteiger partial charge in [-0.1, -0.05) is 38.8 Å². The van der Waals surface area contributed by atoms with Gasteiger partial charge >= 0.3 is 5.97 Å². The Morgan fingerprint density at radius 3 is 2.70 bits per heavy atom. The molecule has 2 rings (SSSR count). The van der Waals surface area contributed by atoms with E-state index < -0.39 is 18.2 Å². The van der Waals surface area contributed by atoms with Crippen molar-refractivity contribution in [1.29, 1.82) is 0 Å². The number of hydrogen-bond acceptors (Lipinski definition) is 5. The first-order valence-electron chi connectivity index (χ1n) is 10.3. The van der Waals surface area contributed by atoms with Gasteiger partial charge in [0.2, 0.25) is 0 Å². The number of aliphatic hydroxyl groups excluding tert-OH is 2. The largest absolute Gasteiger partial charge is 0.481 e. The Morgan fingerprint density at radius 1 is 1.30 bits per heavy atom. The van der Waals surface area contributed by atoms with Gasteiger partial charge in [-0.25, -0.2) is 0 Å². The van der Waals surface area contributed by atoms with E-state index in [1.165, 1.54) is 5.57 Å². The summed E-state index contributed by atoms with van der Waals surface area (Å²) in [5, 5.41) is 29.3. The van der Waals surface area contributed by atoms with E-state index in [1.807, 2.05) is 12.2 Å². The van der Waals surface area contributed by atoms with Gasteiger partial charge < -0.3 is 15.3 Å². The Morgan fingerprint density at radius 2 is 2.04 bits per heavy atom. The van der Waals surface area contributed by atoms with Crippen molar-refractivity contribution in [2.24, 2.45) is 17.8 Å². The highest BCUT2D eigenvalue weighted by molar-refractivity contribution is 5.66. The highest BCUT2D eigenvalue weighted by Crippen LogP contribution is 2.48. The SMILES string of the molecule is CCC(CC)CCC(O)C=CC1CC2=C(NOCCCC(=O)O)C[C@H]2C1O. The summed E-state index contributed by atoms with van der Waals surface area (Å²) < 4.78 is 0. The van der Waals surface area contributed by atoms with Crippen LogP contribution in [0, 0.1) is 17.8 Å². The molecule has 6 heteroatoms. The van der Waals surface area contributed by atoms with Crippen molar-refractivity contribution in [3.8, 4) is 0 Å². The van der Waals surface area contributed by atoms with Gasteiger partial charge in [0.1, 0.15) is 0 Å². The maximum Gasteiger partial charge on any atom is 0.303 e. The van der Waals surface area contributed by atoms with Crippen LogP contribution in [0.25, 0.3) is 0 Å². The fourth-order valence-electron chi connectivity index (χ4n) is 4.03. The van der Waals surface area contributed by atoms with Crippen LogP contribution in [0.5, 0.6) is 0 Å². The van der Waals surface area contributed by atoms with E-state index in [9.17, 15) is 15.0 Å². The predicted molar refractivity (Wildman–Crippen MR) is 104 cm³/mol. The minimum Gasteiger partial charge on any atom is -0.481 e. The molecule has 1 saturated carbocycles. The van der Waals surface area contributed by atoms with Gasteiger partial charge in [0.25, 0.3) is 0 Å². The summed E-state index contributed by atoms with van der Waals surface area (Å²) in [6.07, 6.45) is 9.19. The molecular formula is C21H35NO5. The second-order valence-corrected chi connectivity index (χ2v) is 7.83. The second-order valence-electron chi connectivity index (χ2n) is 7.83. The van der Waals surface area contributed by atoms with Crippen LogP contribution in [0.2, 0.25) is 0 Å². The fourth-order valence-corrected chi connectivity index (χ4v) is 4.03. The number of rotatable bonds is 13. The summed E-state index contributed by atoms with van der Waals surface area (Å²) in [5.74, 6) is 0.0702. The zero-order chi connectivity index (χ0) is 19.8. The maximum atomic E-state index is 10.5. The number of carboxylic acid groups (broad SMARTS) is 1. The van der Waals surface area contributed by atoms with Crippen molar-refractivity contribution >= 4 is 5.97 Å². The van der Waals surface area contributed by atoms with Crippen molar-refractivity contribution in [2.45, 2.75) is 77.4 Å². The van der Waals surface area contributed by atoms with E-state index >= 15 is 0 Å². The normalized spacial score (nSPS) is 25.7. The lowest BCUT2D eigenvalue weighted by atomic mass is 9.83. The number of carbonyl (C=O) groups is 1. The van der Waals surface area contributed by atoms with Crippen LogP contribution in [0.1, 0.15) is 65.2 Å². The summed E-state index contributed by atoms with van der Waals surface area (Å²) in [5.41, 5.74) is 5.13. The molecule has 0 bridgehead atoms. The maximum absolute atomic E-state index is 10.5. The van der Waals surface area contributed by atoms with Crippen LogP contribution >= 0.6 is 0 Å². The average molecular weight is 382 g/mol. The molecule has 2 aliphatic carbocycles. The van der Waals surface area contributed by atoms with Crippen molar-refractivity contribution in [1.82, 2.24) is 5.48 Å². The average Bonchev–Trinajstić information content (AvgIpc) is 2.87. The fraction of sp³-hybridized carbons (Fsp3) is 0.762. The molecule has 3 unspecified atom stereocenters. The molecule has 4 N–H and O–H groups in total. The first-order valence-corrected chi connectivity index (χ1v) is 10.3. The Labute approximate surface area is 162 Å². The molecule has 0 aliphatic heterocycles. The number of carboxylic acids is 1. The highest BCUT2D eigenvalue weighted by Gasteiger charge is 2.45. The lowest BCUT2D eigenvalue weighted by Crippen LogP contribution is -2.32. The topological polar surface area (TPSA) is 99.0 Å². The molecule has 0 radical (unpaired) electrons. The van der Waals surface area contributed by atoms with Crippen molar-refractivity contribution in [3.05, 3.63) is 23.4 Å². The van der Waals surface area contributed by atoms with E-state index in [-0.39, 0.29) is 18.3 Å². The van der Waals surface area contributed by atoms with E-state index in [0.717, 1.165) is 44.2 Å². The Bertz CT molecular complexity index is 541. The van der Waals surface area contributed by atoms with Crippen LogP contribution in [0.15, 0.2) is 23.4 Å². The molecule has 1 fully saturated rings. The van der Waals surface area contributed by atoms with Gasteiger partial charge in [-0.05, 0) is 43.6 Å². The molecule has 0 aromatic rings. The van der Waals surface area contributed by atoms with E-state index in [4.69, 9.17) is 9.94 Å². The molecule has 27 heavy (non-hydrogen) atoms. The van der Waals surface area contributed by atoms with Crippen LogP contribution < -0.4 is 5.48 Å². The number of aliphatic hydroxyl groups is 2. The number of hydrogen-bond donors (Lipinski definition) is 4. The first kappa shape index (κ1) is 21.9. The standard InChI is InChI=1S/C21H35NO5/c1-3-14(4-2)7-9-16(23)10-8-15-12-17-18(21(15)26)13-19(17)22-27-11-5-6-20(24)25/h8,10,14-16,18,21-23,26H,3-7,9,11-13H2,1-2H3,(H,24,25)/t15?,16?,18-,21?/m1/s1. The summed E-state index contributed by atoms with van der Waals surface area (Å²) >= 11 is 0. The molecule has 0 spiro atoms. The van der Waals surface area contributed by atoms with Crippen LogP contribution in [0.4, 0.5) is 0 Å². The summed E-state index contributed by atoms with van der Waals surface area (Å²) in [6, 6.07) is 0. The molecule has 6 nitrogen and oxygen atoms in total. The quantitative estimate of drug-likeness (QED) is 0.222. The molecule has 0 aromatic heterocycles. The minimum atomic E-state index is -0.819.